The molecule has 2 nitrogen and oxygen atoms in total. The van der Waals surface area contributed by atoms with Crippen molar-refractivity contribution in [3.63, 3.8) is 0 Å². The molecule has 4 rings (SSSR count). The standard InChI is InChI=1S/C16H17IN2/c1-15-8-7-10(16(15,2)9-17)13-14(15)19-12-6-4-3-5-11(12)18-13/h3-6,10H,7-9H2,1-2H3. The van der Waals surface area contributed by atoms with Crippen LogP contribution in [-0.2, 0) is 5.41 Å². The van der Waals surface area contributed by atoms with Crippen LogP contribution >= 0.6 is 22.6 Å². The molecule has 0 saturated heterocycles. The molecule has 0 radical (unpaired) electrons. The topological polar surface area (TPSA) is 25.8 Å². The van der Waals surface area contributed by atoms with Gasteiger partial charge in [-0.25, -0.2) is 9.97 Å². The molecular weight excluding hydrogens is 347 g/mol. The molecule has 0 aliphatic heterocycles. The Kier molecular flexibility index (Phi) is 2.34. The summed E-state index contributed by atoms with van der Waals surface area (Å²) in [5.41, 5.74) is 5.20. The van der Waals surface area contributed by atoms with Crippen LogP contribution in [0.5, 0.6) is 0 Å². The van der Waals surface area contributed by atoms with Gasteiger partial charge in [0.2, 0.25) is 0 Å². The lowest BCUT2D eigenvalue weighted by atomic mass is 9.70. The van der Waals surface area contributed by atoms with Crippen molar-refractivity contribution < 1.29 is 0 Å². The number of benzene rings is 1. The van der Waals surface area contributed by atoms with Crippen molar-refractivity contribution in [3.05, 3.63) is 35.7 Å². The van der Waals surface area contributed by atoms with Gasteiger partial charge in [-0.1, -0.05) is 48.6 Å². The maximum atomic E-state index is 4.99. The minimum atomic E-state index is 0.214. The first kappa shape index (κ1) is 12.1. The van der Waals surface area contributed by atoms with Gasteiger partial charge < -0.3 is 0 Å². The molecule has 98 valence electrons. The molecule has 0 spiro atoms. The Morgan fingerprint density at radius 3 is 2.58 bits per heavy atom. The Morgan fingerprint density at radius 1 is 1.21 bits per heavy atom. The minimum absolute atomic E-state index is 0.214. The van der Waals surface area contributed by atoms with E-state index in [1.54, 1.807) is 0 Å². The van der Waals surface area contributed by atoms with Crippen LogP contribution in [0.4, 0.5) is 0 Å². The van der Waals surface area contributed by atoms with Crippen molar-refractivity contribution >= 4 is 33.6 Å². The largest absolute Gasteiger partial charge is 0.249 e. The maximum Gasteiger partial charge on any atom is 0.0890 e. The highest BCUT2D eigenvalue weighted by molar-refractivity contribution is 14.1. The van der Waals surface area contributed by atoms with Gasteiger partial charge in [-0.2, -0.15) is 0 Å². The average Bonchev–Trinajstić information content (AvgIpc) is 2.80. The van der Waals surface area contributed by atoms with Crippen molar-refractivity contribution in [1.82, 2.24) is 9.97 Å². The third-order valence-corrected chi connectivity index (χ3v) is 7.28. The monoisotopic (exact) mass is 364 g/mol. The zero-order valence-corrected chi connectivity index (χ0v) is 13.4. The molecule has 1 saturated carbocycles. The molecule has 1 fully saturated rings. The highest BCUT2D eigenvalue weighted by Crippen LogP contribution is 2.67. The maximum absolute atomic E-state index is 4.99. The van der Waals surface area contributed by atoms with Crippen LogP contribution in [0, 0.1) is 5.41 Å². The summed E-state index contributed by atoms with van der Waals surface area (Å²) >= 11 is 2.55. The first-order valence-electron chi connectivity index (χ1n) is 6.93. The molecule has 1 aromatic heterocycles. The van der Waals surface area contributed by atoms with Gasteiger partial charge in [0.1, 0.15) is 0 Å². The molecule has 0 N–H and O–H groups in total. The van der Waals surface area contributed by atoms with Gasteiger partial charge in [-0.05, 0) is 30.4 Å². The summed E-state index contributed by atoms with van der Waals surface area (Å²) < 4.78 is 1.18. The SMILES string of the molecule is CC12CCC(c3nc4ccccc4nc31)C2(C)CI. The number of alkyl halides is 1. The third-order valence-electron chi connectivity index (χ3n) is 5.69. The first-order chi connectivity index (χ1) is 9.10. The predicted molar refractivity (Wildman–Crippen MR) is 85.9 cm³/mol. The van der Waals surface area contributed by atoms with Gasteiger partial charge in [0.05, 0.1) is 22.4 Å². The summed E-state index contributed by atoms with van der Waals surface area (Å²) in [5.74, 6) is 0.599. The van der Waals surface area contributed by atoms with Gasteiger partial charge in [-0.15, -0.1) is 0 Å². The van der Waals surface area contributed by atoms with Crippen LogP contribution in [0.15, 0.2) is 24.3 Å². The second kappa shape index (κ2) is 3.68. The Balaban J connectivity index is 2.05. The van der Waals surface area contributed by atoms with E-state index < -0.39 is 0 Å². The molecule has 3 unspecified atom stereocenters. The van der Waals surface area contributed by atoms with E-state index in [1.165, 1.54) is 28.7 Å². The number of para-hydroxylation sites is 2. The average molecular weight is 364 g/mol. The fourth-order valence-electron chi connectivity index (χ4n) is 4.15. The summed E-state index contributed by atoms with van der Waals surface area (Å²) in [6, 6.07) is 8.27. The molecule has 19 heavy (non-hydrogen) atoms. The van der Waals surface area contributed by atoms with E-state index in [1.807, 2.05) is 0 Å². The highest BCUT2D eigenvalue weighted by Gasteiger charge is 2.63. The molecule has 3 heteroatoms. The van der Waals surface area contributed by atoms with Crippen molar-refractivity contribution in [3.8, 4) is 0 Å². The van der Waals surface area contributed by atoms with Crippen molar-refractivity contribution in [2.24, 2.45) is 5.41 Å². The second-order valence-electron chi connectivity index (χ2n) is 6.42. The van der Waals surface area contributed by atoms with Crippen molar-refractivity contribution in [2.45, 2.75) is 38.0 Å². The van der Waals surface area contributed by atoms with Crippen LogP contribution in [-0.4, -0.2) is 14.4 Å². The van der Waals surface area contributed by atoms with Crippen LogP contribution in [0.1, 0.15) is 44.0 Å². The van der Waals surface area contributed by atoms with Crippen LogP contribution < -0.4 is 0 Å². The molecule has 3 atom stereocenters. The van der Waals surface area contributed by atoms with E-state index in [2.05, 4.69) is 60.7 Å². The predicted octanol–water partition coefficient (Wildman–Crippen LogP) is 4.22. The number of aromatic nitrogens is 2. The normalized spacial score (nSPS) is 35.8. The molecule has 0 amide bonds. The van der Waals surface area contributed by atoms with Gasteiger partial charge in [-0.3, -0.25) is 0 Å². The third kappa shape index (κ3) is 1.28. The zero-order chi connectivity index (χ0) is 13.3. The van der Waals surface area contributed by atoms with E-state index in [0.717, 1.165) is 11.0 Å². The minimum Gasteiger partial charge on any atom is -0.249 e. The molecule has 2 aliphatic carbocycles. The van der Waals surface area contributed by atoms with Crippen molar-refractivity contribution in [1.29, 1.82) is 0 Å². The summed E-state index contributed by atoms with van der Waals surface area (Å²) in [5, 5.41) is 0. The van der Waals surface area contributed by atoms with Gasteiger partial charge in [0.25, 0.3) is 0 Å². The number of halogens is 1. The quantitative estimate of drug-likeness (QED) is 0.559. The van der Waals surface area contributed by atoms with Crippen molar-refractivity contribution in [2.75, 3.05) is 4.43 Å². The van der Waals surface area contributed by atoms with Crippen LogP contribution in [0.3, 0.4) is 0 Å². The number of hydrogen-bond acceptors (Lipinski definition) is 2. The van der Waals surface area contributed by atoms with Gasteiger partial charge in [0, 0.05) is 15.8 Å². The van der Waals surface area contributed by atoms with Gasteiger partial charge >= 0.3 is 0 Å². The van der Waals surface area contributed by atoms with E-state index in [-0.39, 0.29) is 5.41 Å². The lowest BCUT2D eigenvalue weighted by molar-refractivity contribution is 0.239. The summed E-state index contributed by atoms with van der Waals surface area (Å²) in [7, 11) is 0. The smallest absolute Gasteiger partial charge is 0.0890 e. The Bertz CT molecular complexity index is 684. The number of nitrogens with zero attached hydrogens (tertiary/aromatic N) is 2. The lowest BCUT2D eigenvalue weighted by Crippen LogP contribution is -2.36. The molecule has 2 aromatic rings. The molecule has 1 heterocycles. The molecule has 1 aromatic carbocycles. The Labute approximate surface area is 127 Å². The number of fused-ring (bicyclic) bond motifs is 6. The fraction of sp³-hybridized carbons (Fsp3) is 0.500. The first-order valence-corrected chi connectivity index (χ1v) is 8.46. The van der Waals surface area contributed by atoms with E-state index in [0.29, 0.717) is 11.3 Å². The zero-order valence-electron chi connectivity index (χ0n) is 11.3. The second-order valence-corrected chi connectivity index (χ2v) is 7.18. The summed E-state index contributed by atoms with van der Waals surface area (Å²) in [6.07, 6.45) is 2.53. The fourth-order valence-corrected chi connectivity index (χ4v) is 5.53. The number of hydrogen-bond donors (Lipinski definition) is 0. The summed E-state index contributed by atoms with van der Waals surface area (Å²) in [6.45, 7) is 4.84. The van der Waals surface area contributed by atoms with E-state index in [4.69, 9.17) is 9.97 Å². The molecular formula is C16H17IN2. The number of rotatable bonds is 1. The van der Waals surface area contributed by atoms with Crippen LogP contribution in [0.25, 0.3) is 11.0 Å². The highest BCUT2D eigenvalue weighted by atomic mass is 127. The van der Waals surface area contributed by atoms with Crippen LogP contribution in [0.2, 0.25) is 0 Å². The molecule has 2 aliphatic rings. The van der Waals surface area contributed by atoms with E-state index in [9.17, 15) is 0 Å². The van der Waals surface area contributed by atoms with E-state index >= 15 is 0 Å². The summed E-state index contributed by atoms with van der Waals surface area (Å²) in [4.78, 5) is 9.95. The molecule has 2 bridgehead atoms. The Hall–Kier alpha value is -0.710. The lowest BCUT2D eigenvalue weighted by Gasteiger charge is -2.36. The Morgan fingerprint density at radius 2 is 1.89 bits per heavy atom. The van der Waals surface area contributed by atoms with Gasteiger partial charge in [0.15, 0.2) is 0 Å².